The van der Waals surface area contributed by atoms with Crippen molar-refractivity contribution in [3.05, 3.63) is 27.8 Å². The van der Waals surface area contributed by atoms with Gasteiger partial charge >= 0.3 is 0 Å². The topological polar surface area (TPSA) is 37.3 Å². The van der Waals surface area contributed by atoms with Gasteiger partial charge in [0.2, 0.25) is 0 Å². The van der Waals surface area contributed by atoms with E-state index in [-0.39, 0.29) is 18.0 Å². The Morgan fingerprint density at radius 2 is 2.00 bits per heavy atom. The van der Waals surface area contributed by atoms with Gasteiger partial charge in [0.05, 0.1) is 5.02 Å². The van der Waals surface area contributed by atoms with Gasteiger partial charge in [-0.3, -0.25) is 4.79 Å². The van der Waals surface area contributed by atoms with Crippen LogP contribution in [-0.2, 0) is 11.2 Å². The number of hydrogen-bond acceptors (Lipinski definition) is 2. The maximum Gasteiger partial charge on any atom is 0.138 e. The first-order valence-corrected chi connectivity index (χ1v) is 4.78. The van der Waals surface area contributed by atoms with E-state index < -0.39 is 0 Å². The molecular weight excluding hydrogens is 200 g/mol. The van der Waals surface area contributed by atoms with E-state index in [4.69, 9.17) is 11.6 Å². The molecule has 0 aliphatic heterocycles. The number of Topliss-reactive ketones (excluding diaryl/α,β-unsaturated/α-hetero) is 1. The van der Waals surface area contributed by atoms with Gasteiger partial charge in [-0.25, -0.2) is 0 Å². The van der Waals surface area contributed by atoms with Crippen LogP contribution in [0.1, 0.15) is 23.6 Å². The highest BCUT2D eigenvalue weighted by atomic mass is 35.5. The fourth-order valence-corrected chi connectivity index (χ4v) is 1.62. The lowest BCUT2D eigenvalue weighted by molar-refractivity contribution is -0.116. The molecule has 2 nitrogen and oxygen atoms in total. The molecule has 0 radical (unpaired) electrons. The molecule has 14 heavy (non-hydrogen) atoms. The van der Waals surface area contributed by atoms with Crippen LogP contribution in [0.2, 0.25) is 5.02 Å². The Bertz CT molecular complexity index is 383. The van der Waals surface area contributed by atoms with E-state index in [9.17, 15) is 9.90 Å². The molecule has 76 valence electrons. The van der Waals surface area contributed by atoms with Crippen LogP contribution in [0.4, 0.5) is 0 Å². The number of carbonyl (C=O) groups excluding carboxylic acids is 1. The summed E-state index contributed by atoms with van der Waals surface area (Å²) >= 11 is 5.88. The van der Waals surface area contributed by atoms with Crippen LogP contribution in [0.5, 0.6) is 5.75 Å². The van der Waals surface area contributed by atoms with E-state index in [1.807, 2.05) is 19.9 Å². The molecule has 0 bridgehead atoms. The van der Waals surface area contributed by atoms with Gasteiger partial charge in [-0.05, 0) is 31.9 Å². The first kappa shape index (κ1) is 11.1. The molecular formula is C11H13ClO2. The maximum absolute atomic E-state index is 11.0. The monoisotopic (exact) mass is 212 g/mol. The summed E-state index contributed by atoms with van der Waals surface area (Å²) in [7, 11) is 0. The Hall–Kier alpha value is -1.02. The normalized spacial score (nSPS) is 10.3. The van der Waals surface area contributed by atoms with Crippen LogP contribution in [-0.4, -0.2) is 10.9 Å². The molecule has 1 N–H and O–H groups in total. The lowest BCUT2D eigenvalue weighted by Gasteiger charge is -2.10. The molecule has 0 unspecified atom stereocenters. The second-order valence-corrected chi connectivity index (χ2v) is 3.91. The first-order chi connectivity index (χ1) is 6.43. The summed E-state index contributed by atoms with van der Waals surface area (Å²) in [5.41, 5.74) is 2.36. The van der Waals surface area contributed by atoms with Crippen molar-refractivity contribution in [3.8, 4) is 5.75 Å². The molecule has 0 saturated heterocycles. The Morgan fingerprint density at radius 1 is 1.43 bits per heavy atom. The largest absolute Gasteiger partial charge is 0.506 e. The van der Waals surface area contributed by atoms with Crippen molar-refractivity contribution in [2.45, 2.75) is 27.2 Å². The number of ketones is 1. The van der Waals surface area contributed by atoms with E-state index in [2.05, 4.69) is 0 Å². The van der Waals surface area contributed by atoms with E-state index in [0.717, 1.165) is 11.1 Å². The van der Waals surface area contributed by atoms with Gasteiger partial charge in [-0.2, -0.15) is 0 Å². The highest BCUT2D eigenvalue weighted by Gasteiger charge is 2.13. The zero-order valence-corrected chi connectivity index (χ0v) is 9.27. The Labute approximate surface area is 88.5 Å². The number of benzene rings is 1. The number of phenols is 1. The smallest absolute Gasteiger partial charge is 0.138 e. The Morgan fingerprint density at radius 3 is 2.50 bits per heavy atom. The van der Waals surface area contributed by atoms with Crippen LogP contribution < -0.4 is 0 Å². The van der Waals surface area contributed by atoms with Gasteiger partial charge in [0.15, 0.2) is 0 Å². The van der Waals surface area contributed by atoms with Crippen molar-refractivity contribution in [3.63, 3.8) is 0 Å². The molecule has 1 aromatic carbocycles. The number of halogens is 1. The van der Waals surface area contributed by atoms with Gasteiger partial charge in [-0.15, -0.1) is 0 Å². The van der Waals surface area contributed by atoms with Crippen molar-refractivity contribution >= 4 is 17.4 Å². The lowest BCUT2D eigenvalue weighted by atomic mass is 10.00. The summed E-state index contributed by atoms with van der Waals surface area (Å²) in [5.74, 6) is 0.0580. The van der Waals surface area contributed by atoms with E-state index in [1.54, 1.807) is 0 Å². The summed E-state index contributed by atoms with van der Waals surface area (Å²) in [6.07, 6.45) is 0.234. The van der Waals surface area contributed by atoms with Crippen LogP contribution >= 0.6 is 11.6 Å². The van der Waals surface area contributed by atoms with Crippen LogP contribution in [0.3, 0.4) is 0 Å². The number of rotatable bonds is 2. The van der Waals surface area contributed by atoms with Gasteiger partial charge in [-0.1, -0.05) is 17.7 Å². The SMILES string of the molecule is CC(=O)Cc1c(C)cc(C)c(Cl)c1O. The molecule has 0 aliphatic rings. The summed E-state index contributed by atoms with van der Waals surface area (Å²) in [5, 5.41) is 10.1. The predicted octanol–water partition coefficient (Wildman–Crippen LogP) is 2.79. The highest BCUT2D eigenvalue weighted by molar-refractivity contribution is 6.33. The Kier molecular flexibility index (Phi) is 3.17. The third kappa shape index (κ3) is 2.07. The van der Waals surface area contributed by atoms with E-state index in [1.165, 1.54) is 6.92 Å². The zero-order valence-electron chi connectivity index (χ0n) is 8.52. The van der Waals surface area contributed by atoms with Gasteiger partial charge in [0.25, 0.3) is 0 Å². The highest BCUT2D eigenvalue weighted by Crippen LogP contribution is 2.33. The molecule has 1 rings (SSSR count). The molecule has 0 spiro atoms. The molecule has 0 atom stereocenters. The number of aryl methyl sites for hydroxylation is 2. The molecule has 0 aromatic heterocycles. The van der Waals surface area contributed by atoms with Crippen molar-refractivity contribution in [2.24, 2.45) is 0 Å². The van der Waals surface area contributed by atoms with Crippen molar-refractivity contribution in [2.75, 3.05) is 0 Å². The second-order valence-electron chi connectivity index (χ2n) is 3.53. The van der Waals surface area contributed by atoms with Crippen LogP contribution in [0, 0.1) is 13.8 Å². The predicted molar refractivity (Wildman–Crippen MR) is 57.0 cm³/mol. The molecule has 1 aromatic rings. The molecule has 0 aliphatic carbocycles. The zero-order chi connectivity index (χ0) is 10.9. The third-order valence-electron chi connectivity index (χ3n) is 2.17. The van der Waals surface area contributed by atoms with Crippen LogP contribution in [0.15, 0.2) is 6.07 Å². The number of phenolic OH excluding ortho intramolecular Hbond substituents is 1. The minimum Gasteiger partial charge on any atom is -0.506 e. The van der Waals surface area contributed by atoms with Gasteiger partial charge in [0.1, 0.15) is 11.5 Å². The molecule has 0 saturated carbocycles. The van der Waals surface area contributed by atoms with Gasteiger partial charge < -0.3 is 5.11 Å². The fourth-order valence-electron chi connectivity index (χ4n) is 1.45. The van der Waals surface area contributed by atoms with Crippen molar-refractivity contribution < 1.29 is 9.90 Å². The summed E-state index contributed by atoms with van der Waals surface area (Å²) in [6.45, 7) is 5.18. The summed E-state index contributed by atoms with van der Waals surface area (Å²) in [4.78, 5) is 11.0. The second kappa shape index (κ2) is 4.01. The first-order valence-electron chi connectivity index (χ1n) is 4.40. The molecule has 3 heteroatoms. The maximum atomic E-state index is 11.0. The average molecular weight is 213 g/mol. The van der Waals surface area contributed by atoms with Crippen LogP contribution in [0.25, 0.3) is 0 Å². The average Bonchev–Trinajstić information content (AvgIpc) is 2.09. The minimum absolute atomic E-state index is 0.0170. The number of aromatic hydroxyl groups is 1. The summed E-state index contributed by atoms with van der Waals surface area (Å²) in [6, 6.07) is 1.88. The lowest BCUT2D eigenvalue weighted by Crippen LogP contribution is -2.00. The molecule has 0 heterocycles. The quantitative estimate of drug-likeness (QED) is 0.819. The third-order valence-corrected chi connectivity index (χ3v) is 2.65. The molecule has 0 fully saturated rings. The van der Waals surface area contributed by atoms with Gasteiger partial charge in [0, 0.05) is 12.0 Å². The molecule has 0 amide bonds. The number of carbonyl (C=O) groups is 1. The standard InChI is InChI=1S/C11H13ClO2/c1-6-4-7(2)10(12)11(14)9(6)5-8(3)13/h4,14H,5H2,1-3H3. The Balaban J connectivity index is 3.29. The van der Waals surface area contributed by atoms with E-state index in [0.29, 0.717) is 10.6 Å². The summed E-state index contributed by atoms with van der Waals surface area (Å²) < 4.78 is 0. The minimum atomic E-state index is 0.0170. The fraction of sp³-hybridized carbons (Fsp3) is 0.364. The van der Waals surface area contributed by atoms with Crippen molar-refractivity contribution in [1.29, 1.82) is 0 Å². The van der Waals surface area contributed by atoms with E-state index >= 15 is 0 Å². The van der Waals surface area contributed by atoms with Crippen molar-refractivity contribution in [1.82, 2.24) is 0 Å². The number of hydrogen-bond donors (Lipinski definition) is 1.